The fourth-order valence-electron chi connectivity index (χ4n) is 8.94. The van der Waals surface area contributed by atoms with Crippen LogP contribution in [0.3, 0.4) is 0 Å². The predicted octanol–water partition coefficient (Wildman–Crippen LogP) is 12.5. The molecule has 3 aliphatic rings. The van der Waals surface area contributed by atoms with Crippen LogP contribution in [0.1, 0.15) is 29.5 Å². The molecule has 0 radical (unpaired) electrons. The maximum atomic E-state index is 6.98. The summed E-state index contributed by atoms with van der Waals surface area (Å²) in [7, 11) is 0. The lowest BCUT2D eigenvalue weighted by Crippen LogP contribution is -2.36. The normalized spacial score (nSPS) is 14.4. The predicted molar refractivity (Wildman–Crippen MR) is 225 cm³/mol. The molecule has 0 atom stereocenters. The number of fused-ring (bicyclic) bond motifs is 9. The molecule has 1 spiro atoms. The second-order valence-electron chi connectivity index (χ2n) is 14.6. The first-order chi connectivity index (χ1) is 27.8. The zero-order valence-corrected chi connectivity index (χ0v) is 30.6. The maximum Gasteiger partial charge on any atom is 0.164 e. The lowest BCUT2D eigenvalue weighted by molar-refractivity contribution is 0.385. The van der Waals surface area contributed by atoms with Crippen molar-refractivity contribution in [1.82, 2.24) is 15.0 Å². The zero-order chi connectivity index (χ0) is 37.1. The number of nitrogens with zero attached hydrogens (tertiary/aromatic N) is 3. The van der Waals surface area contributed by atoms with Gasteiger partial charge in [-0.2, -0.15) is 0 Å². The van der Waals surface area contributed by atoms with Crippen LogP contribution < -0.4 is 4.74 Å². The molecule has 0 N–H and O–H groups in total. The van der Waals surface area contributed by atoms with Gasteiger partial charge in [-0.1, -0.05) is 176 Å². The molecule has 0 fully saturated rings. The van der Waals surface area contributed by atoms with Gasteiger partial charge in [0.05, 0.1) is 5.41 Å². The van der Waals surface area contributed by atoms with Crippen molar-refractivity contribution < 1.29 is 4.74 Å². The molecule has 1 aromatic heterocycles. The van der Waals surface area contributed by atoms with Crippen LogP contribution in [0.5, 0.6) is 5.75 Å². The summed E-state index contributed by atoms with van der Waals surface area (Å²) in [5, 5.41) is 0. The maximum absolute atomic E-state index is 6.98. The van der Waals surface area contributed by atoms with Crippen LogP contribution in [-0.2, 0) is 5.41 Å². The minimum atomic E-state index is -0.462. The van der Waals surface area contributed by atoms with Crippen LogP contribution in [0.2, 0.25) is 0 Å². The second-order valence-corrected chi connectivity index (χ2v) is 14.6. The number of allylic oxidation sites excluding steroid dienone is 3. The smallest absolute Gasteiger partial charge is 0.164 e. The van der Waals surface area contributed by atoms with Gasteiger partial charge in [0.25, 0.3) is 0 Å². The molecular weight excluding hydrogens is 683 g/mol. The first-order valence-corrected chi connectivity index (χ1v) is 19.3. The molecule has 56 heavy (non-hydrogen) atoms. The SMILES string of the molecule is C1=C2Oc3c(-c4ccc(-c5nc(-c6ccccc6)nc(-c6cccc(-c7ccccc7)c6)n5)cc4)cccc3C3(C2=CCC1)c1ccccc1-c1ccccc13. The number of para-hydroxylation sites is 1. The Bertz CT molecular complexity index is 2830. The lowest BCUT2D eigenvalue weighted by Gasteiger charge is -2.42. The Morgan fingerprint density at radius 2 is 0.857 bits per heavy atom. The molecule has 4 heteroatoms. The molecule has 0 unspecified atom stereocenters. The minimum Gasteiger partial charge on any atom is -0.456 e. The van der Waals surface area contributed by atoms with Crippen molar-refractivity contribution in [3.8, 4) is 73.3 Å². The van der Waals surface area contributed by atoms with Crippen LogP contribution in [0.4, 0.5) is 0 Å². The monoisotopic (exact) mass is 717 g/mol. The Morgan fingerprint density at radius 3 is 1.55 bits per heavy atom. The highest BCUT2D eigenvalue weighted by Crippen LogP contribution is 2.63. The van der Waals surface area contributed by atoms with E-state index < -0.39 is 5.41 Å². The molecule has 4 nitrogen and oxygen atoms in total. The molecule has 0 saturated heterocycles. The topological polar surface area (TPSA) is 47.9 Å². The molecule has 11 rings (SSSR count). The summed E-state index contributed by atoms with van der Waals surface area (Å²) >= 11 is 0. The number of ether oxygens (including phenoxy) is 1. The number of rotatable bonds is 5. The van der Waals surface area contributed by atoms with E-state index >= 15 is 0 Å². The van der Waals surface area contributed by atoms with Crippen molar-refractivity contribution >= 4 is 0 Å². The molecule has 2 aliphatic carbocycles. The van der Waals surface area contributed by atoms with Gasteiger partial charge in [0.15, 0.2) is 17.5 Å². The first kappa shape index (κ1) is 32.3. The summed E-state index contributed by atoms with van der Waals surface area (Å²) < 4.78 is 6.98. The number of aromatic nitrogens is 3. The van der Waals surface area contributed by atoms with Crippen molar-refractivity contribution in [3.63, 3.8) is 0 Å². The van der Waals surface area contributed by atoms with Crippen LogP contribution in [0.25, 0.3) is 67.5 Å². The van der Waals surface area contributed by atoms with Crippen LogP contribution in [-0.4, -0.2) is 15.0 Å². The van der Waals surface area contributed by atoms with Crippen molar-refractivity contribution in [1.29, 1.82) is 0 Å². The van der Waals surface area contributed by atoms with E-state index in [0.717, 1.165) is 63.3 Å². The molecule has 0 saturated carbocycles. The van der Waals surface area contributed by atoms with E-state index in [9.17, 15) is 0 Å². The molecular formula is C52H35N3O. The third-order valence-corrected chi connectivity index (χ3v) is 11.4. The zero-order valence-electron chi connectivity index (χ0n) is 30.6. The van der Waals surface area contributed by atoms with Gasteiger partial charge in [-0.25, -0.2) is 15.0 Å². The van der Waals surface area contributed by atoms with Crippen LogP contribution >= 0.6 is 0 Å². The first-order valence-electron chi connectivity index (χ1n) is 19.3. The highest BCUT2D eigenvalue weighted by atomic mass is 16.5. The second kappa shape index (κ2) is 13.0. The Hall–Kier alpha value is -7.17. The van der Waals surface area contributed by atoms with Gasteiger partial charge < -0.3 is 4.74 Å². The van der Waals surface area contributed by atoms with Crippen molar-refractivity contribution in [3.05, 3.63) is 216 Å². The van der Waals surface area contributed by atoms with E-state index in [4.69, 9.17) is 19.7 Å². The number of benzene rings is 7. The van der Waals surface area contributed by atoms with Gasteiger partial charge in [-0.05, 0) is 63.9 Å². The van der Waals surface area contributed by atoms with E-state index in [1.807, 2.05) is 36.4 Å². The molecule has 264 valence electrons. The van der Waals surface area contributed by atoms with E-state index in [2.05, 4.69) is 152 Å². The van der Waals surface area contributed by atoms with Crippen molar-refractivity contribution in [2.45, 2.75) is 18.3 Å². The summed E-state index contributed by atoms with van der Waals surface area (Å²) in [6.45, 7) is 0. The summed E-state index contributed by atoms with van der Waals surface area (Å²) in [4.78, 5) is 15.1. The van der Waals surface area contributed by atoms with Crippen molar-refractivity contribution in [2.24, 2.45) is 0 Å². The van der Waals surface area contributed by atoms with Crippen molar-refractivity contribution in [2.75, 3.05) is 0 Å². The third-order valence-electron chi connectivity index (χ3n) is 11.4. The Morgan fingerprint density at radius 1 is 0.375 bits per heavy atom. The minimum absolute atomic E-state index is 0.462. The van der Waals surface area contributed by atoms with Crippen LogP contribution in [0.15, 0.2) is 199 Å². The molecule has 8 aromatic rings. The molecule has 0 amide bonds. The summed E-state index contributed by atoms with van der Waals surface area (Å²) in [5.41, 5.74) is 14.3. The summed E-state index contributed by atoms with van der Waals surface area (Å²) in [5.74, 6) is 3.76. The van der Waals surface area contributed by atoms with E-state index in [1.165, 1.54) is 33.4 Å². The Kier molecular flexibility index (Phi) is 7.49. The largest absolute Gasteiger partial charge is 0.456 e. The van der Waals surface area contributed by atoms with E-state index in [-0.39, 0.29) is 0 Å². The molecule has 0 bridgehead atoms. The van der Waals surface area contributed by atoms with Gasteiger partial charge >= 0.3 is 0 Å². The quantitative estimate of drug-likeness (QED) is 0.178. The number of hydrogen-bond acceptors (Lipinski definition) is 4. The Balaban J connectivity index is 1.04. The van der Waals surface area contributed by atoms with Gasteiger partial charge in [0, 0.05) is 33.4 Å². The lowest BCUT2D eigenvalue weighted by atomic mass is 9.64. The van der Waals surface area contributed by atoms with Gasteiger partial charge in [-0.3, -0.25) is 0 Å². The third kappa shape index (κ3) is 5.03. The number of hydrogen-bond donors (Lipinski definition) is 0. The average Bonchev–Trinajstić information content (AvgIpc) is 3.57. The highest BCUT2D eigenvalue weighted by Gasteiger charge is 2.53. The summed E-state index contributed by atoms with van der Waals surface area (Å²) in [6.07, 6.45) is 6.64. The highest BCUT2D eigenvalue weighted by molar-refractivity contribution is 5.90. The molecule has 7 aromatic carbocycles. The van der Waals surface area contributed by atoms with Gasteiger partial charge in [0.2, 0.25) is 0 Å². The fraction of sp³-hybridized carbons (Fsp3) is 0.0577. The molecule has 1 aliphatic heterocycles. The van der Waals surface area contributed by atoms with Crippen LogP contribution in [0, 0.1) is 0 Å². The Labute approximate surface area is 326 Å². The summed E-state index contributed by atoms with van der Waals surface area (Å²) in [6, 6.07) is 61.9. The van der Waals surface area contributed by atoms with E-state index in [0.29, 0.717) is 17.5 Å². The molecule has 2 heterocycles. The van der Waals surface area contributed by atoms with Gasteiger partial charge in [0.1, 0.15) is 11.5 Å². The standard InChI is InChI=1S/C52H35N3O/c1-3-15-34(16-4-1)38-19-13-20-39(33-38)51-54-49(36-17-5-2-6-18-36)53-50(55-51)37-31-29-35(30-32-37)40-23-14-27-46-48(40)56-47-28-12-11-26-45(47)52(46)43-24-9-7-21-41(43)42-22-8-10-25-44(42)52/h1-10,13-33H,11-12H2. The average molecular weight is 718 g/mol. The fourth-order valence-corrected chi connectivity index (χ4v) is 8.94. The van der Waals surface area contributed by atoms with E-state index in [1.54, 1.807) is 0 Å². The van der Waals surface area contributed by atoms with Gasteiger partial charge in [-0.15, -0.1) is 0 Å².